The molecule has 0 radical (unpaired) electrons. The Morgan fingerprint density at radius 2 is 2.19 bits per heavy atom. The molecule has 1 aliphatic rings. The van der Waals surface area contributed by atoms with Gasteiger partial charge in [0.25, 0.3) is 5.69 Å². The van der Waals surface area contributed by atoms with E-state index in [0.717, 1.165) is 17.7 Å². The second kappa shape index (κ2) is 6.14. The Bertz CT molecular complexity index is 1010. The van der Waals surface area contributed by atoms with Crippen LogP contribution in [0, 0.1) is 16.0 Å². The number of fused-ring (bicyclic) bond motifs is 1. The van der Waals surface area contributed by atoms with E-state index in [1.165, 1.54) is 12.1 Å². The number of hydrogen-bond acceptors (Lipinski definition) is 5. The lowest BCUT2D eigenvalue weighted by Crippen LogP contribution is -2.15. The summed E-state index contributed by atoms with van der Waals surface area (Å²) in [6, 6.07) is 12.1. The predicted octanol–water partition coefficient (Wildman–Crippen LogP) is 3.22. The molecule has 132 valence electrons. The maximum absolute atomic E-state index is 12.5. The van der Waals surface area contributed by atoms with Gasteiger partial charge in [0, 0.05) is 18.1 Å². The molecule has 1 aliphatic carbocycles. The number of carbonyl (C=O) groups is 1. The summed E-state index contributed by atoms with van der Waals surface area (Å²) in [6.07, 6.45) is 0.751. The third-order valence-corrected chi connectivity index (χ3v) is 4.65. The second-order valence-electron chi connectivity index (χ2n) is 6.27. The second-order valence-corrected chi connectivity index (χ2v) is 6.27. The molecule has 8 nitrogen and oxygen atoms in total. The smallest absolute Gasteiger partial charge is 0.270 e. The minimum Gasteiger partial charge on any atom is -0.497 e. The number of carbonyl (C=O) groups excluding carboxylic acids is 1. The molecule has 8 heteroatoms. The molecule has 4 rings (SSSR count). The minimum absolute atomic E-state index is 0.0462. The Labute approximate surface area is 148 Å². The van der Waals surface area contributed by atoms with Crippen molar-refractivity contribution >= 4 is 28.3 Å². The lowest BCUT2D eigenvalue weighted by Gasteiger charge is -2.05. The number of non-ortho nitro benzene ring substituents is 1. The fraction of sp³-hybridized carbons (Fsp3) is 0.222. The Hall–Kier alpha value is -3.42. The summed E-state index contributed by atoms with van der Waals surface area (Å²) >= 11 is 0. The largest absolute Gasteiger partial charge is 0.497 e. The van der Waals surface area contributed by atoms with E-state index in [4.69, 9.17) is 4.74 Å². The van der Waals surface area contributed by atoms with E-state index in [9.17, 15) is 14.9 Å². The Morgan fingerprint density at radius 3 is 2.96 bits per heavy atom. The van der Waals surface area contributed by atoms with Crippen LogP contribution >= 0.6 is 0 Å². The van der Waals surface area contributed by atoms with Crippen LogP contribution in [0.1, 0.15) is 17.9 Å². The molecule has 2 unspecified atom stereocenters. The SMILES string of the molecule is COc1cccc(C2CC2C(=O)Nc2n[nH]c3ccc([N+](=O)[O-])cc23)c1. The number of aromatic nitrogens is 2. The van der Waals surface area contributed by atoms with Crippen molar-refractivity contribution in [2.75, 3.05) is 12.4 Å². The van der Waals surface area contributed by atoms with Gasteiger partial charge in [-0.2, -0.15) is 5.10 Å². The van der Waals surface area contributed by atoms with E-state index in [1.807, 2.05) is 24.3 Å². The number of nitro benzene ring substituents is 1. The van der Waals surface area contributed by atoms with Crippen LogP contribution in [0.5, 0.6) is 5.75 Å². The van der Waals surface area contributed by atoms with Crippen LogP contribution < -0.4 is 10.1 Å². The summed E-state index contributed by atoms with van der Waals surface area (Å²) in [6.45, 7) is 0. The molecule has 2 N–H and O–H groups in total. The summed E-state index contributed by atoms with van der Waals surface area (Å²) in [5.74, 6) is 0.930. The number of ether oxygens (including phenoxy) is 1. The standard InChI is InChI=1S/C18H16N4O4/c1-26-12-4-2-3-10(7-12)13-9-14(13)18(23)19-17-15-8-11(22(24)25)5-6-16(15)20-21-17/h2-8,13-14H,9H2,1H3,(H2,19,20,21,23). The fourth-order valence-electron chi connectivity index (χ4n) is 3.15. The van der Waals surface area contributed by atoms with Crippen LogP contribution in [0.4, 0.5) is 11.5 Å². The molecule has 3 aromatic rings. The van der Waals surface area contributed by atoms with Crippen molar-refractivity contribution in [2.24, 2.45) is 5.92 Å². The van der Waals surface area contributed by atoms with Gasteiger partial charge in [0.15, 0.2) is 5.82 Å². The zero-order valence-electron chi connectivity index (χ0n) is 13.9. The molecule has 1 heterocycles. The van der Waals surface area contributed by atoms with Crippen LogP contribution in [0.15, 0.2) is 42.5 Å². The average Bonchev–Trinajstić information content (AvgIpc) is 3.37. The van der Waals surface area contributed by atoms with Gasteiger partial charge in [0.2, 0.25) is 5.91 Å². The van der Waals surface area contributed by atoms with Crippen molar-refractivity contribution < 1.29 is 14.5 Å². The summed E-state index contributed by atoms with van der Waals surface area (Å²) in [5.41, 5.74) is 1.65. The fourth-order valence-corrected chi connectivity index (χ4v) is 3.15. The van der Waals surface area contributed by atoms with Gasteiger partial charge in [-0.25, -0.2) is 0 Å². The van der Waals surface area contributed by atoms with Gasteiger partial charge in [-0.05, 0) is 36.1 Å². The van der Waals surface area contributed by atoms with Gasteiger partial charge in [-0.1, -0.05) is 12.1 Å². The van der Waals surface area contributed by atoms with Crippen LogP contribution in [-0.2, 0) is 4.79 Å². The van der Waals surface area contributed by atoms with Gasteiger partial charge >= 0.3 is 0 Å². The van der Waals surface area contributed by atoms with Crippen molar-refractivity contribution in [3.05, 3.63) is 58.1 Å². The number of H-pyrrole nitrogens is 1. The molecule has 1 amide bonds. The highest BCUT2D eigenvalue weighted by Crippen LogP contribution is 2.48. The molecule has 1 fully saturated rings. The van der Waals surface area contributed by atoms with E-state index in [-0.39, 0.29) is 23.4 Å². The molecule has 1 aromatic heterocycles. The van der Waals surface area contributed by atoms with Crippen molar-refractivity contribution in [3.63, 3.8) is 0 Å². The molecule has 0 saturated heterocycles. The average molecular weight is 352 g/mol. The Kier molecular flexibility index (Phi) is 3.80. The summed E-state index contributed by atoms with van der Waals surface area (Å²) in [7, 11) is 1.61. The number of rotatable bonds is 5. The molecule has 1 saturated carbocycles. The molecule has 26 heavy (non-hydrogen) atoms. The molecule has 2 atom stereocenters. The third-order valence-electron chi connectivity index (χ3n) is 4.65. The highest BCUT2D eigenvalue weighted by atomic mass is 16.6. The maximum atomic E-state index is 12.5. The summed E-state index contributed by atoms with van der Waals surface area (Å²) in [4.78, 5) is 23.0. The maximum Gasteiger partial charge on any atom is 0.270 e. The highest BCUT2D eigenvalue weighted by Gasteiger charge is 2.44. The monoisotopic (exact) mass is 352 g/mol. The van der Waals surface area contributed by atoms with Gasteiger partial charge in [-0.15, -0.1) is 0 Å². The zero-order valence-corrected chi connectivity index (χ0v) is 13.9. The van der Waals surface area contributed by atoms with E-state index >= 15 is 0 Å². The normalized spacial score (nSPS) is 18.5. The molecule has 0 aliphatic heterocycles. The lowest BCUT2D eigenvalue weighted by molar-refractivity contribution is -0.384. The quantitative estimate of drug-likeness (QED) is 0.541. The van der Waals surface area contributed by atoms with E-state index < -0.39 is 4.92 Å². The number of benzene rings is 2. The number of hydrogen-bond donors (Lipinski definition) is 2. The molecule has 2 aromatic carbocycles. The number of anilines is 1. The summed E-state index contributed by atoms with van der Waals surface area (Å²) in [5, 5.41) is 21.1. The van der Waals surface area contributed by atoms with Crippen LogP contribution in [0.2, 0.25) is 0 Å². The van der Waals surface area contributed by atoms with Gasteiger partial charge in [-0.3, -0.25) is 20.0 Å². The van der Waals surface area contributed by atoms with E-state index in [0.29, 0.717) is 16.7 Å². The third kappa shape index (κ3) is 2.85. The number of amides is 1. The van der Waals surface area contributed by atoms with Crippen molar-refractivity contribution in [3.8, 4) is 5.75 Å². The van der Waals surface area contributed by atoms with Crippen molar-refractivity contribution in [1.82, 2.24) is 10.2 Å². The van der Waals surface area contributed by atoms with Gasteiger partial charge in [0.1, 0.15) is 5.75 Å². The Morgan fingerprint density at radius 1 is 1.35 bits per heavy atom. The highest BCUT2D eigenvalue weighted by molar-refractivity contribution is 6.02. The van der Waals surface area contributed by atoms with Crippen LogP contribution in [0.25, 0.3) is 10.9 Å². The first-order valence-corrected chi connectivity index (χ1v) is 8.14. The predicted molar refractivity (Wildman–Crippen MR) is 95.2 cm³/mol. The number of nitrogens with one attached hydrogen (secondary N) is 2. The first-order chi connectivity index (χ1) is 12.6. The first-order valence-electron chi connectivity index (χ1n) is 8.14. The van der Waals surface area contributed by atoms with E-state index in [2.05, 4.69) is 15.5 Å². The number of nitro groups is 1. The Balaban J connectivity index is 1.51. The molecule has 0 spiro atoms. The van der Waals surface area contributed by atoms with Crippen LogP contribution in [-0.4, -0.2) is 28.1 Å². The number of methoxy groups -OCH3 is 1. The van der Waals surface area contributed by atoms with Crippen LogP contribution in [0.3, 0.4) is 0 Å². The van der Waals surface area contributed by atoms with Crippen molar-refractivity contribution in [2.45, 2.75) is 12.3 Å². The molecular formula is C18H16N4O4. The van der Waals surface area contributed by atoms with Gasteiger partial charge in [0.05, 0.1) is 22.9 Å². The van der Waals surface area contributed by atoms with E-state index in [1.54, 1.807) is 13.2 Å². The summed E-state index contributed by atoms with van der Waals surface area (Å²) < 4.78 is 5.22. The molecular weight excluding hydrogens is 336 g/mol. The van der Waals surface area contributed by atoms with Crippen molar-refractivity contribution in [1.29, 1.82) is 0 Å². The number of aromatic amines is 1. The lowest BCUT2D eigenvalue weighted by atomic mass is 10.1. The molecule has 0 bridgehead atoms. The minimum atomic E-state index is -0.474. The topological polar surface area (TPSA) is 110 Å². The number of nitrogens with zero attached hydrogens (tertiary/aromatic N) is 2. The van der Waals surface area contributed by atoms with Gasteiger partial charge < -0.3 is 10.1 Å². The first kappa shape index (κ1) is 16.1. The zero-order chi connectivity index (χ0) is 18.3.